The molecule has 0 saturated carbocycles. The highest BCUT2D eigenvalue weighted by molar-refractivity contribution is 8.00. The van der Waals surface area contributed by atoms with E-state index in [0.717, 1.165) is 22.7 Å². The Labute approximate surface area is 178 Å². The predicted molar refractivity (Wildman–Crippen MR) is 107 cm³/mol. The number of nitrogens with one attached hydrogen (secondary N) is 1. The first-order chi connectivity index (χ1) is 14.0. The lowest BCUT2D eigenvalue weighted by Crippen LogP contribution is -2.36. The molecular formula is C18H15ClF3N3O4S. The number of alkyl halides is 3. The molecule has 0 radical (unpaired) electrons. The molecule has 2 rings (SSSR count). The third-order valence-electron chi connectivity index (χ3n) is 3.77. The van der Waals surface area contributed by atoms with Crippen LogP contribution in [0.5, 0.6) is 0 Å². The lowest BCUT2D eigenvalue weighted by atomic mass is 10.2. The van der Waals surface area contributed by atoms with Gasteiger partial charge in [-0.1, -0.05) is 11.6 Å². The first-order valence-electron chi connectivity index (χ1n) is 8.25. The Morgan fingerprint density at radius 2 is 1.83 bits per heavy atom. The van der Waals surface area contributed by atoms with Crippen LogP contribution in [0.25, 0.3) is 0 Å². The minimum Gasteiger partial charge on any atom is -0.336 e. The summed E-state index contributed by atoms with van der Waals surface area (Å²) in [6.07, 6.45) is -4.67. The largest absolute Gasteiger partial charge is 0.417 e. The molecule has 2 amide bonds. The van der Waals surface area contributed by atoms with Crippen molar-refractivity contribution in [2.75, 3.05) is 24.7 Å². The maximum atomic E-state index is 12.9. The van der Waals surface area contributed by atoms with E-state index in [2.05, 4.69) is 5.32 Å². The molecule has 0 bridgehead atoms. The fourth-order valence-electron chi connectivity index (χ4n) is 2.24. The van der Waals surface area contributed by atoms with Crippen molar-refractivity contribution in [1.29, 1.82) is 0 Å². The Morgan fingerprint density at radius 3 is 2.40 bits per heavy atom. The lowest BCUT2D eigenvalue weighted by molar-refractivity contribution is -0.384. The van der Waals surface area contributed by atoms with E-state index in [0.29, 0.717) is 11.0 Å². The number of halogens is 4. The minimum absolute atomic E-state index is 0.0270. The number of non-ortho nitro benzene ring substituents is 1. The molecule has 0 heterocycles. The fraction of sp³-hybridized carbons (Fsp3) is 0.222. The highest BCUT2D eigenvalue weighted by atomic mass is 35.5. The smallest absolute Gasteiger partial charge is 0.336 e. The molecule has 2 aromatic carbocycles. The van der Waals surface area contributed by atoms with Gasteiger partial charge >= 0.3 is 6.18 Å². The summed E-state index contributed by atoms with van der Waals surface area (Å²) in [6.45, 7) is -0.371. The van der Waals surface area contributed by atoms with Crippen LogP contribution in [0.15, 0.2) is 47.4 Å². The quantitative estimate of drug-likeness (QED) is 0.373. The van der Waals surface area contributed by atoms with Crippen molar-refractivity contribution >= 4 is 46.6 Å². The number of nitro groups is 1. The van der Waals surface area contributed by atoms with Gasteiger partial charge in [-0.05, 0) is 30.3 Å². The molecule has 0 aliphatic rings. The zero-order valence-corrected chi connectivity index (χ0v) is 17.0. The number of hydrogen-bond donors (Lipinski definition) is 1. The predicted octanol–water partition coefficient (Wildman–Crippen LogP) is 4.46. The average Bonchev–Trinajstić information content (AvgIpc) is 2.66. The molecule has 0 aliphatic heterocycles. The topological polar surface area (TPSA) is 92.6 Å². The van der Waals surface area contributed by atoms with Crippen molar-refractivity contribution in [3.05, 3.63) is 63.2 Å². The van der Waals surface area contributed by atoms with Gasteiger partial charge in [-0.25, -0.2) is 0 Å². The highest BCUT2D eigenvalue weighted by Gasteiger charge is 2.33. The Hall–Kier alpha value is -2.79. The number of likely N-dealkylation sites (N-methyl/N-ethyl adjacent to an activating group) is 1. The van der Waals surface area contributed by atoms with E-state index >= 15 is 0 Å². The van der Waals surface area contributed by atoms with Crippen LogP contribution in [0, 0.1) is 10.1 Å². The van der Waals surface area contributed by atoms with Gasteiger partial charge in [0.05, 0.1) is 27.8 Å². The normalized spacial score (nSPS) is 11.1. The van der Waals surface area contributed by atoms with E-state index in [9.17, 15) is 32.9 Å². The van der Waals surface area contributed by atoms with Crippen LogP contribution in [0.3, 0.4) is 0 Å². The van der Waals surface area contributed by atoms with Gasteiger partial charge in [0.1, 0.15) is 0 Å². The molecule has 0 aromatic heterocycles. The Morgan fingerprint density at radius 1 is 1.20 bits per heavy atom. The van der Waals surface area contributed by atoms with Crippen LogP contribution < -0.4 is 5.32 Å². The highest BCUT2D eigenvalue weighted by Crippen LogP contribution is 2.36. The summed E-state index contributed by atoms with van der Waals surface area (Å²) in [5, 5.41) is 12.4. The number of benzene rings is 2. The third-order valence-corrected chi connectivity index (χ3v) is 5.10. The van der Waals surface area contributed by atoms with Crippen molar-refractivity contribution in [3.63, 3.8) is 0 Å². The van der Waals surface area contributed by atoms with Crippen molar-refractivity contribution in [2.24, 2.45) is 0 Å². The van der Waals surface area contributed by atoms with Gasteiger partial charge < -0.3 is 10.2 Å². The molecule has 12 heteroatoms. The molecule has 2 aromatic rings. The second kappa shape index (κ2) is 9.81. The number of amides is 2. The number of rotatable bonds is 7. The molecule has 0 fully saturated rings. The Kier molecular flexibility index (Phi) is 7.68. The summed E-state index contributed by atoms with van der Waals surface area (Å²) in [5.41, 5.74) is -1.25. The summed E-state index contributed by atoms with van der Waals surface area (Å²) in [6, 6.07) is 8.59. The Balaban J connectivity index is 1.89. The van der Waals surface area contributed by atoms with Gasteiger partial charge in [0.15, 0.2) is 0 Å². The number of carbonyl (C=O) groups excluding carboxylic acids is 2. The molecule has 0 saturated heterocycles. The minimum atomic E-state index is -4.67. The van der Waals surface area contributed by atoms with E-state index in [1.54, 1.807) is 0 Å². The first-order valence-corrected chi connectivity index (χ1v) is 9.61. The number of hydrogen-bond acceptors (Lipinski definition) is 5. The number of nitrogens with zero attached hydrogens (tertiary/aromatic N) is 2. The number of nitro benzene ring substituents is 1. The number of thioether (sulfide) groups is 1. The van der Waals surface area contributed by atoms with E-state index in [4.69, 9.17) is 11.6 Å². The maximum Gasteiger partial charge on any atom is 0.417 e. The molecule has 160 valence electrons. The van der Waals surface area contributed by atoms with Gasteiger partial charge in [-0.2, -0.15) is 13.2 Å². The van der Waals surface area contributed by atoms with E-state index in [1.807, 2.05) is 0 Å². The zero-order chi connectivity index (χ0) is 22.5. The third kappa shape index (κ3) is 6.63. The fourth-order valence-corrected chi connectivity index (χ4v) is 3.31. The molecule has 1 N–H and O–H groups in total. The van der Waals surface area contributed by atoms with Crippen LogP contribution in [0.2, 0.25) is 5.02 Å². The second-order valence-corrected chi connectivity index (χ2v) is 7.49. The van der Waals surface area contributed by atoms with Crippen molar-refractivity contribution in [1.82, 2.24) is 4.90 Å². The molecule has 0 aliphatic carbocycles. The molecule has 0 unspecified atom stereocenters. The van der Waals surface area contributed by atoms with Gasteiger partial charge in [-0.15, -0.1) is 11.8 Å². The number of anilines is 1. The van der Waals surface area contributed by atoms with Crippen LogP contribution >= 0.6 is 23.4 Å². The lowest BCUT2D eigenvalue weighted by Gasteiger charge is -2.17. The number of carbonyl (C=O) groups is 2. The van der Waals surface area contributed by atoms with E-state index in [-0.39, 0.29) is 23.7 Å². The Bertz CT molecular complexity index is 955. The first kappa shape index (κ1) is 23.5. The van der Waals surface area contributed by atoms with Gasteiger partial charge in [0.2, 0.25) is 11.8 Å². The molecular weight excluding hydrogens is 447 g/mol. The van der Waals surface area contributed by atoms with Crippen LogP contribution in [-0.4, -0.2) is 41.0 Å². The van der Waals surface area contributed by atoms with E-state index in [1.165, 1.54) is 37.4 Å². The SMILES string of the molecule is CN(CC(=O)Nc1ccc(Cl)c(C(F)(F)F)c1)C(=O)CSc1ccc([N+](=O)[O-])cc1. The van der Waals surface area contributed by atoms with Gasteiger partial charge in [0.25, 0.3) is 5.69 Å². The monoisotopic (exact) mass is 461 g/mol. The maximum absolute atomic E-state index is 12.9. The standard InChI is InChI=1S/C18H15ClF3N3O4S/c1-24(17(27)10-30-13-5-3-12(4-6-13)25(28)29)9-16(26)23-11-2-7-15(19)14(8-11)18(20,21)22/h2-8H,9-10H2,1H3,(H,23,26). The van der Waals surface area contributed by atoms with Crippen LogP contribution in [-0.2, 0) is 15.8 Å². The molecule has 0 spiro atoms. The summed E-state index contributed by atoms with van der Waals surface area (Å²) in [7, 11) is 1.38. The summed E-state index contributed by atoms with van der Waals surface area (Å²) >= 11 is 6.66. The van der Waals surface area contributed by atoms with Crippen LogP contribution in [0.1, 0.15) is 5.56 Å². The van der Waals surface area contributed by atoms with Crippen molar-refractivity contribution < 1.29 is 27.7 Å². The molecule has 7 nitrogen and oxygen atoms in total. The summed E-state index contributed by atoms with van der Waals surface area (Å²) in [4.78, 5) is 36.1. The van der Waals surface area contributed by atoms with Crippen LogP contribution in [0.4, 0.5) is 24.5 Å². The molecule has 30 heavy (non-hydrogen) atoms. The summed E-state index contributed by atoms with van der Waals surface area (Å²) in [5.74, 6) is -1.11. The van der Waals surface area contributed by atoms with Gasteiger partial charge in [0, 0.05) is 29.8 Å². The second-order valence-electron chi connectivity index (χ2n) is 6.03. The average molecular weight is 462 g/mol. The van der Waals surface area contributed by atoms with Gasteiger partial charge in [-0.3, -0.25) is 19.7 Å². The summed E-state index contributed by atoms with van der Waals surface area (Å²) < 4.78 is 38.6. The van der Waals surface area contributed by atoms with E-state index < -0.39 is 33.5 Å². The van der Waals surface area contributed by atoms with Crippen molar-refractivity contribution in [3.8, 4) is 0 Å². The zero-order valence-electron chi connectivity index (χ0n) is 15.4. The van der Waals surface area contributed by atoms with Crippen molar-refractivity contribution in [2.45, 2.75) is 11.1 Å². The molecule has 0 atom stereocenters.